The number of hydrogen-bond acceptors (Lipinski definition) is 7. The maximum absolute atomic E-state index is 6.03. The lowest BCUT2D eigenvalue weighted by molar-refractivity contribution is 0.681. The highest BCUT2D eigenvalue weighted by molar-refractivity contribution is 6.17. The molecule has 23 heavy (non-hydrogen) atoms. The summed E-state index contributed by atoms with van der Waals surface area (Å²) in [7, 11) is 0. The number of rotatable bonds is 4. The number of aromatic nitrogens is 6. The van der Waals surface area contributed by atoms with Gasteiger partial charge in [-0.3, -0.25) is 4.98 Å². The lowest BCUT2D eigenvalue weighted by Crippen LogP contribution is -2.17. The van der Waals surface area contributed by atoms with E-state index in [-0.39, 0.29) is 11.8 Å². The number of nitrogens with zero attached hydrogens (tertiary/aromatic N) is 7. The Bertz CT molecular complexity index is 886. The summed E-state index contributed by atoms with van der Waals surface area (Å²) < 4.78 is 1.64. The monoisotopic (exact) mass is 331 g/mol. The van der Waals surface area contributed by atoms with Crippen molar-refractivity contribution in [2.45, 2.75) is 13.5 Å². The zero-order valence-corrected chi connectivity index (χ0v) is 13.1. The van der Waals surface area contributed by atoms with Crippen molar-refractivity contribution in [2.75, 3.05) is 11.6 Å². The highest BCUT2D eigenvalue weighted by Crippen LogP contribution is 2.24. The molecule has 3 rings (SSSR count). The minimum absolute atomic E-state index is 0.0799. The van der Waals surface area contributed by atoms with Crippen molar-refractivity contribution in [2.24, 2.45) is 10.7 Å². The second-order valence-electron chi connectivity index (χ2n) is 4.69. The highest BCUT2D eigenvalue weighted by atomic mass is 35.5. The van der Waals surface area contributed by atoms with E-state index >= 15 is 0 Å². The quantitative estimate of drug-likeness (QED) is 0.410. The van der Waals surface area contributed by atoms with Crippen molar-refractivity contribution in [1.82, 2.24) is 29.7 Å². The van der Waals surface area contributed by atoms with Crippen molar-refractivity contribution in [3.63, 3.8) is 0 Å². The van der Waals surface area contributed by atoms with Gasteiger partial charge >= 0.3 is 0 Å². The minimum Gasteiger partial charge on any atom is -0.382 e. The summed E-state index contributed by atoms with van der Waals surface area (Å²) in [6.07, 6.45) is 4.74. The third-order valence-electron chi connectivity index (χ3n) is 3.14. The molecule has 0 aromatic carbocycles. The molecule has 3 aromatic rings. The number of anilines is 1. The van der Waals surface area contributed by atoms with E-state index in [1.165, 1.54) is 0 Å². The van der Waals surface area contributed by atoms with E-state index in [0.717, 1.165) is 0 Å². The van der Waals surface area contributed by atoms with Crippen LogP contribution < -0.4 is 11.5 Å². The van der Waals surface area contributed by atoms with E-state index in [0.29, 0.717) is 40.7 Å². The predicted octanol–water partition coefficient (Wildman–Crippen LogP) is 0.783. The van der Waals surface area contributed by atoms with Crippen LogP contribution in [0.25, 0.3) is 11.0 Å². The Hall–Kier alpha value is -2.81. The molecule has 118 valence electrons. The molecule has 10 heteroatoms. The second-order valence-corrected chi connectivity index (χ2v) is 5.06. The molecule has 0 spiro atoms. The number of nitrogens with two attached hydrogens (primary N) is 2. The molecule has 4 N–H and O–H groups in total. The Morgan fingerprint density at radius 1 is 1.30 bits per heavy atom. The molecule has 0 unspecified atom stereocenters. The first-order valence-corrected chi connectivity index (χ1v) is 7.30. The lowest BCUT2D eigenvalue weighted by Gasteiger charge is -2.04. The number of fused-ring (bicyclic) bond motifs is 1. The molecule has 3 heterocycles. The van der Waals surface area contributed by atoms with Crippen LogP contribution in [-0.4, -0.2) is 41.4 Å². The van der Waals surface area contributed by atoms with Gasteiger partial charge in [0.1, 0.15) is 5.69 Å². The van der Waals surface area contributed by atoms with Gasteiger partial charge in [-0.25, -0.2) is 14.7 Å². The average molecular weight is 332 g/mol. The van der Waals surface area contributed by atoms with E-state index in [1.54, 1.807) is 30.2 Å². The summed E-state index contributed by atoms with van der Waals surface area (Å²) in [6.45, 7) is 2.30. The first kappa shape index (κ1) is 15.1. The van der Waals surface area contributed by atoms with Crippen LogP contribution in [0.4, 0.5) is 11.8 Å². The minimum atomic E-state index is 0.0799. The van der Waals surface area contributed by atoms with E-state index < -0.39 is 0 Å². The fourth-order valence-corrected chi connectivity index (χ4v) is 2.27. The molecule has 0 saturated heterocycles. The number of aliphatic imine (C=N–C) groups is 1. The van der Waals surface area contributed by atoms with Gasteiger partial charge in [-0.1, -0.05) is 0 Å². The zero-order valence-electron chi connectivity index (χ0n) is 12.3. The third-order valence-corrected chi connectivity index (χ3v) is 3.31. The molecule has 0 amide bonds. The maximum atomic E-state index is 6.03. The first-order valence-electron chi connectivity index (χ1n) is 6.77. The number of alkyl halides is 1. The Balaban J connectivity index is 2.13. The standard InChI is InChI=1S/C13H14ClN9/c1-7-9(18-4-3-17-7)10(15)20-11-8-6-19-23(5-2-14)12(8)22-13(16)21-11/h3-4,6H,2,5H2,1H3,(H4,15,16,20,21,22). The molecule has 0 radical (unpaired) electrons. The van der Waals surface area contributed by atoms with Gasteiger partial charge in [-0.15, -0.1) is 11.6 Å². The number of nitrogen functional groups attached to an aromatic ring is 1. The van der Waals surface area contributed by atoms with Crippen molar-refractivity contribution >= 4 is 40.2 Å². The molecule has 0 aliphatic heterocycles. The number of halogens is 1. The van der Waals surface area contributed by atoms with Crippen LogP contribution in [0.1, 0.15) is 11.4 Å². The first-order chi connectivity index (χ1) is 11.1. The maximum Gasteiger partial charge on any atom is 0.224 e. The van der Waals surface area contributed by atoms with E-state index in [4.69, 9.17) is 23.1 Å². The second kappa shape index (κ2) is 6.13. The third kappa shape index (κ3) is 2.90. The summed E-state index contributed by atoms with van der Waals surface area (Å²) in [4.78, 5) is 21.0. The van der Waals surface area contributed by atoms with Gasteiger partial charge in [0.25, 0.3) is 0 Å². The number of hydrogen-bond donors (Lipinski definition) is 2. The largest absolute Gasteiger partial charge is 0.382 e. The fourth-order valence-electron chi connectivity index (χ4n) is 2.11. The predicted molar refractivity (Wildman–Crippen MR) is 87.6 cm³/mol. The summed E-state index contributed by atoms with van der Waals surface area (Å²) in [5.41, 5.74) is 13.5. The molecule has 3 aromatic heterocycles. The van der Waals surface area contributed by atoms with Crippen LogP contribution in [0.3, 0.4) is 0 Å². The zero-order chi connectivity index (χ0) is 16.4. The molecule has 0 saturated carbocycles. The molecular weight excluding hydrogens is 318 g/mol. The van der Waals surface area contributed by atoms with Crippen molar-refractivity contribution in [1.29, 1.82) is 0 Å². The highest BCUT2D eigenvalue weighted by Gasteiger charge is 2.13. The van der Waals surface area contributed by atoms with E-state index in [9.17, 15) is 0 Å². The van der Waals surface area contributed by atoms with E-state index in [1.807, 2.05) is 0 Å². The topological polar surface area (TPSA) is 134 Å². The van der Waals surface area contributed by atoms with Crippen LogP contribution in [0, 0.1) is 6.92 Å². The molecule has 0 aliphatic rings. The molecule has 0 aliphatic carbocycles. The van der Waals surface area contributed by atoms with Gasteiger partial charge in [0.05, 0.1) is 23.8 Å². The van der Waals surface area contributed by atoms with Gasteiger partial charge in [0.15, 0.2) is 17.3 Å². The van der Waals surface area contributed by atoms with Gasteiger partial charge < -0.3 is 11.5 Å². The van der Waals surface area contributed by atoms with Gasteiger partial charge in [-0.05, 0) is 6.92 Å². The van der Waals surface area contributed by atoms with E-state index in [2.05, 4.69) is 30.0 Å². The Morgan fingerprint density at radius 3 is 2.83 bits per heavy atom. The molecule has 0 fully saturated rings. The summed E-state index contributed by atoms with van der Waals surface area (Å²) in [5, 5.41) is 4.85. The normalized spacial score (nSPS) is 12.0. The molecule has 9 nitrogen and oxygen atoms in total. The summed E-state index contributed by atoms with van der Waals surface area (Å²) in [5.74, 6) is 1.01. The van der Waals surface area contributed by atoms with Crippen LogP contribution in [0.2, 0.25) is 0 Å². The number of aryl methyl sites for hydroxylation is 2. The molecular formula is C13H14ClN9. The Kier molecular flexibility index (Phi) is 4.02. The smallest absolute Gasteiger partial charge is 0.224 e. The van der Waals surface area contributed by atoms with Crippen molar-refractivity contribution in [3.05, 3.63) is 30.0 Å². The summed E-state index contributed by atoms with van der Waals surface area (Å²) >= 11 is 5.76. The van der Waals surface area contributed by atoms with Crippen LogP contribution in [0.15, 0.2) is 23.6 Å². The SMILES string of the molecule is Cc1nccnc1C(N)=Nc1nc(N)nc2c1cnn2CCCl. The Morgan fingerprint density at radius 2 is 2.09 bits per heavy atom. The lowest BCUT2D eigenvalue weighted by atomic mass is 10.3. The number of amidine groups is 1. The van der Waals surface area contributed by atoms with Crippen molar-refractivity contribution in [3.8, 4) is 0 Å². The average Bonchev–Trinajstić information content (AvgIpc) is 2.91. The van der Waals surface area contributed by atoms with Crippen LogP contribution >= 0.6 is 11.6 Å². The van der Waals surface area contributed by atoms with Gasteiger partial charge in [-0.2, -0.15) is 15.1 Å². The summed E-state index contributed by atoms with van der Waals surface area (Å²) in [6, 6.07) is 0. The van der Waals surface area contributed by atoms with Crippen LogP contribution in [-0.2, 0) is 6.54 Å². The van der Waals surface area contributed by atoms with Gasteiger partial charge in [0, 0.05) is 18.3 Å². The van der Waals surface area contributed by atoms with Crippen LogP contribution in [0.5, 0.6) is 0 Å². The Labute approximate surface area is 136 Å². The van der Waals surface area contributed by atoms with Crippen molar-refractivity contribution < 1.29 is 0 Å². The fraction of sp³-hybridized carbons (Fsp3) is 0.231. The van der Waals surface area contributed by atoms with Gasteiger partial charge in [0.2, 0.25) is 5.95 Å². The molecule has 0 bridgehead atoms. The molecule has 0 atom stereocenters.